The first-order chi connectivity index (χ1) is 5.79. The Hall–Kier alpha value is -0.830. The molecule has 1 aliphatic rings. The molecule has 1 saturated heterocycles. The summed E-state index contributed by atoms with van der Waals surface area (Å²) in [7, 11) is 0. The van der Waals surface area contributed by atoms with Crippen LogP contribution in [-0.4, -0.2) is 24.2 Å². The molecule has 0 bridgehead atoms. The van der Waals surface area contributed by atoms with Crippen molar-refractivity contribution in [2.45, 2.75) is 19.3 Å². The molecule has 0 aliphatic carbocycles. The van der Waals surface area contributed by atoms with E-state index in [1.165, 1.54) is 6.42 Å². The lowest BCUT2D eigenvalue weighted by atomic mass is 10.0. The molecule has 1 fully saturated rings. The van der Waals surface area contributed by atoms with Crippen LogP contribution in [0.4, 0.5) is 0 Å². The number of nitrogens with one attached hydrogen (secondary N) is 1. The lowest BCUT2D eigenvalue weighted by Gasteiger charge is -2.01. The monoisotopic (exact) mass is 169 g/mol. The van der Waals surface area contributed by atoms with E-state index < -0.39 is 5.97 Å². The molecule has 1 unspecified atom stereocenters. The quantitative estimate of drug-likeness (QED) is 0.618. The molecular weight excluding hydrogens is 154 g/mol. The minimum atomic E-state index is -0.754. The molecule has 0 aromatic rings. The SMILES string of the molecule is O=C(O)C/C=C\CC1CCNC1. The van der Waals surface area contributed by atoms with Gasteiger partial charge in [-0.25, -0.2) is 0 Å². The van der Waals surface area contributed by atoms with Crippen LogP contribution in [0.25, 0.3) is 0 Å². The van der Waals surface area contributed by atoms with Gasteiger partial charge in [0, 0.05) is 0 Å². The predicted octanol–water partition coefficient (Wildman–Crippen LogP) is 1.02. The smallest absolute Gasteiger partial charge is 0.307 e. The third-order valence-electron chi connectivity index (χ3n) is 2.09. The summed E-state index contributed by atoms with van der Waals surface area (Å²) in [6.45, 7) is 2.19. The Labute approximate surface area is 72.5 Å². The first-order valence-electron chi connectivity index (χ1n) is 4.36. The topological polar surface area (TPSA) is 49.3 Å². The lowest BCUT2D eigenvalue weighted by Crippen LogP contribution is -2.08. The first-order valence-corrected chi connectivity index (χ1v) is 4.36. The highest BCUT2D eigenvalue weighted by atomic mass is 16.4. The van der Waals surface area contributed by atoms with E-state index in [9.17, 15) is 4.79 Å². The summed E-state index contributed by atoms with van der Waals surface area (Å²) in [6, 6.07) is 0. The molecule has 0 aromatic carbocycles. The molecular formula is C9H15NO2. The molecule has 3 nitrogen and oxygen atoms in total. The molecule has 1 atom stereocenters. The Kier molecular flexibility index (Phi) is 3.80. The third kappa shape index (κ3) is 3.53. The number of rotatable bonds is 4. The first kappa shape index (κ1) is 9.26. The number of hydrogen-bond acceptors (Lipinski definition) is 2. The maximum absolute atomic E-state index is 10.1. The normalized spacial score (nSPS) is 23.5. The summed E-state index contributed by atoms with van der Waals surface area (Å²) < 4.78 is 0. The van der Waals surface area contributed by atoms with Gasteiger partial charge in [0.2, 0.25) is 0 Å². The Morgan fingerprint density at radius 3 is 3.00 bits per heavy atom. The van der Waals surface area contributed by atoms with Crippen LogP contribution in [0.3, 0.4) is 0 Å². The van der Waals surface area contributed by atoms with E-state index >= 15 is 0 Å². The third-order valence-corrected chi connectivity index (χ3v) is 2.09. The van der Waals surface area contributed by atoms with E-state index in [-0.39, 0.29) is 6.42 Å². The van der Waals surface area contributed by atoms with Gasteiger partial charge in [0.05, 0.1) is 6.42 Å². The second-order valence-electron chi connectivity index (χ2n) is 3.16. The predicted molar refractivity (Wildman–Crippen MR) is 47.0 cm³/mol. The molecule has 12 heavy (non-hydrogen) atoms. The summed E-state index contributed by atoms with van der Waals surface area (Å²) in [6.07, 6.45) is 6.10. The van der Waals surface area contributed by atoms with Crippen molar-refractivity contribution in [1.29, 1.82) is 0 Å². The van der Waals surface area contributed by atoms with Crippen molar-refractivity contribution in [3.05, 3.63) is 12.2 Å². The second kappa shape index (κ2) is 4.93. The molecule has 0 aromatic heterocycles. The maximum atomic E-state index is 10.1. The van der Waals surface area contributed by atoms with Crippen LogP contribution >= 0.6 is 0 Å². The molecule has 2 N–H and O–H groups in total. The molecule has 0 radical (unpaired) electrons. The fourth-order valence-electron chi connectivity index (χ4n) is 1.39. The van der Waals surface area contributed by atoms with Gasteiger partial charge in [0.25, 0.3) is 0 Å². The average molecular weight is 169 g/mol. The Balaban J connectivity index is 2.07. The van der Waals surface area contributed by atoms with Crippen molar-refractivity contribution in [3.8, 4) is 0 Å². The van der Waals surface area contributed by atoms with Crippen molar-refractivity contribution < 1.29 is 9.90 Å². The van der Waals surface area contributed by atoms with E-state index in [2.05, 4.69) is 5.32 Å². The van der Waals surface area contributed by atoms with Crippen molar-refractivity contribution in [3.63, 3.8) is 0 Å². The second-order valence-corrected chi connectivity index (χ2v) is 3.16. The van der Waals surface area contributed by atoms with Gasteiger partial charge in [-0.3, -0.25) is 4.79 Å². The van der Waals surface area contributed by atoms with Gasteiger partial charge in [-0.1, -0.05) is 12.2 Å². The van der Waals surface area contributed by atoms with Gasteiger partial charge in [-0.15, -0.1) is 0 Å². The van der Waals surface area contributed by atoms with Crippen LogP contribution in [0.5, 0.6) is 0 Å². The minimum Gasteiger partial charge on any atom is -0.481 e. The molecule has 1 rings (SSSR count). The molecule has 0 spiro atoms. The summed E-state index contributed by atoms with van der Waals surface area (Å²) in [5.41, 5.74) is 0. The Morgan fingerprint density at radius 1 is 1.58 bits per heavy atom. The largest absolute Gasteiger partial charge is 0.481 e. The van der Waals surface area contributed by atoms with Crippen molar-refractivity contribution in [2.75, 3.05) is 13.1 Å². The molecule has 0 saturated carbocycles. The molecule has 1 heterocycles. The van der Waals surface area contributed by atoms with E-state index in [1.54, 1.807) is 6.08 Å². The summed E-state index contributed by atoms with van der Waals surface area (Å²) >= 11 is 0. The number of carbonyl (C=O) groups is 1. The van der Waals surface area contributed by atoms with Crippen LogP contribution in [0.15, 0.2) is 12.2 Å². The van der Waals surface area contributed by atoms with E-state index in [4.69, 9.17) is 5.11 Å². The van der Waals surface area contributed by atoms with E-state index in [0.717, 1.165) is 25.4 Å². The van der Waals surface area contributed by atoms with Crippen molar-refractivity contribution >= 4 is 5.97 Å². The fraction of sp³-hybridized carbons (Fsp3) is 0.667. The zero-order valence-electron chi connectivity index (χ0n) is 7.12. The van der Waals surface area contributed by atoms with Gasteiger partial charge < -0.3 is 10.4 Å². The highest BCUT2D eigenvalue weighted by Crippen LogP contribution is 2.12. The van der Waals surface area contributed by atoms with Gasteiger partial charge in [0.1, 0.15) is 0 Å². The highest BCUT2D eigenvalue weighted by Gasteiger charge is 2.11. The number of allylic oxidation sites excluding steroid dienone is 1. The minimum absolute atomic E-state index is 0.153. The van der Waals surface area contributed by atoms with Crippen LogP contribution in [-0.2, 0) is 4.79 Å². The van der Waals surface area contributed by atoms with Gasteiger partial charge in [-0.05, 0) is 31.8 Å². The van der Waals surface area contributed by atoms with Crippen molar-refractivity contribution in [2.24, 2.45) is 5.92 Å². The number of hydrogen-bond donors (Lipinski definition) is 2. The zero-order valence-corrected chi connectivity index (χ0v) is 7.12. The summed E-state index contributed by atoms with van der Waals surface area (Å²) in [5, 5.41) is 11.6. The summed E-state index contributed by atoms with van der Waals surface area (Å²) in [4.78, 5) is 10.1. The van der Waals surface area contributed by atoms with Crippen LogP contribution in [0.2, 0.25) is 0 Å². The van der Waals surface area contributed by atoms with Crippen LogP contribution in [0.1, 0.15) is 19.3 Å². The van der Waals surface area contributed by atoms with Crippen molar-refractivity contribution in [1.82, 2.24) is 5.32 Å². The molecule has 3 heteroatoms. The Bertz CT molecular complexity index is 171. The number of carboxylic acids is 1. The molecule has 68 valence electrons. The maximum Gasteiger partial charge on any atom is 0.307 e. The standard InChI is InChI=1S/C9H15NO2/c11-9(12)4-2-1-3-8-5-6-10-7-8/h1-2,8,10H,3-7H2,(H,11,12)/b2-1-. The van der Waals surface area contributed by atoms with Gasteiger partial charge in [0.15, 0.2) is 0 Å². The highest BCUT2D eigenvalue weighted by molar-refractivity contribution is 5.68. The van der Waals surface area contributed by atoms with Gasteiger partial charge in [-0.2, -0.15) is 0 Å². The van der Waals surface area contributed by atoms with E-state index in [0.29, 0.717) is 0 Å². The number of aliphatic carboxylic acids is 1. The number of carboxylic acid groups (broad SMARTS) is 1. The molecule has 1 aliphatic heterocycles. The fourth-order valence-corrected chi connectivity index (χ4v) is 1.39. The van der Waals surface area contributed by atoms with Crippen LogP contribution < -0.4 is 5.32 Å². The molecule has 0 amide bonds. The van der Waals surface area contributed by atoms with Gasteiger partial charge >= 0.3 is 5.97 Å². The van der Waals surface area contributed by atoms with Crippen LogP contribution in [0, 0.1) is 5.92 Å². The summed E-state index contributed by atoms with van der Waals surface area (Å²) in [5.74, 6) is -0.0363. The van der Waals surface area contributed by atoms with E-state index in [1.807, 2.05) is 6.08 Å². The average Bonchev–Trinajstić information content (AvgIpc) is 2.49. The Morgan fingerprint density at radius 2 is 2.42 bits per heavy atom. The lowest BCUT2D eigenvalue weighted by molar-refractivity contribution is -0.136. The zero-order chi connectivity index (χ0) is 8.81.